The summed E-state index contributed by atoms with van der Waals surface area (Å²) in [4.78, 5) is 19.8. The minimum Gasteiger partial charge on any atom is -0.372 e. The maximum Gasteiger partial charge on any atom is 0.469 e. The number of aryl methyl sites for hydroxylation is 2. The molecule has 0 heterocycles. The average molecular weight is 449 g/mol. The van der Waals surface area contributed by atoms with E-state index in [9.17, 15) is 4.57 Å². The highest BCUT2D eigenvalue weighted by Crippen LogP contribution is 2.35. The lowest BCUT2D eigenvalue weighted by molar-refractivity contribution is 0.194. The zero-order valence-corrected chi connectivity index (χ0v) is 19.7. The molecule has 2 aromatic carbocycles. The van der Waals surface area contributed by atoms with E-state index in [0.29, 0.717) is 13.0 Å². The number of hydrogen-bond acceptors (Lipinski definition) is 4. The Labute approximate surface area is 186 Å². The molecule has 0 atom stereocenters. The van der Waals surface area contributed by atoms with E-state index in [1.807, 2.05) is 0 Å². The minimum atomic E-state index is -4.36. The summed E-state index contributed by atoms with van der Waals surface area (Å²) in [5.74, 6) is 0. The molecule has 0 radical (unpaired) electrons. The maximum absolute atomic E-state index is 10.6. The topological polar surface area (TPSA) is 82.0 Å². The molecule has 31 heavy (non-hydrogen) atoms. The number of anilines is 1. The van der Waals surface area contributed by atoms with Crippen molar-refractivity contribution in [2.75, 3.05) is 31.1 Å². The summed E-state index contributed by atoms with van der Waals surface area (Å²) >= 11 is 0. The highest BCUT2D eigenvalue weighted by molar-refractivity contribution is 7.46. The van der Waals surface area contributed by atoms with E-state index in [0.717, 1.165) is 26.1 Å². The van der Waals surface area contributed by atoms with Gasteiger partial charge in [-0.15, -0.1) is 0 Å². The van der Waals surface area contributed by atoms with E-state index in [1.54, 1.807) is 0 Å². The second kappa shape index (κ2) is 13.7. The number of nitrogens with one attached hydrogen (secondary N) is 1. The Morgan fingerprint density at radius 2 is 1.77 bits per heavy atom. The number of phosphoric acid groups is 1. The van der Waals surface area contributed by atoms with Crippen molar-refractivity contribution in [3.05, 3.63) is 65.2 Å². The van der Waals surface area contributed by atoms with Gasteiger partial charge in [0.15, 0.2) is 0 Å². The van der Waals surface area contributed by atoms with Gasteiger partial charge in [0.1, 0.15) is 0 Å². The fraction of sp³-hybridized carbons (Fsp3) is 0.500. The first kappa shape index (κ1) is 25.6. The van der Waals surface area contributed by atoms with Gasteiger partial charge in [0, 0.05) is 25.3 Å². The zero-order chi connectivity index (χ0) is 22.5. The van der Waals surface area contributed by atoms with Crippen molar-refractivity contribution in [3.63, 3.8) is 0 Å². The SMILES string of the molecule is CCN(CCCCCc1ccccc1)c1ccc(CNCCCOP(=O)(O)O)cc1C. The third-order valence-electron chi connectivity index (χ3n) is 5.31. The van der Waals surface area contributed by atoms with Crippen LogP contribution in [0.4, 0.5) is 5.69 Å². The number of hydrogen-bond donors (Lipinski definition) is 3. The summed E-state index contributed by atoms with van der Waals surface area (Å²) in [5.41, 5.74) is 5.19. The van der Waals surface area contributed by atoms with Gasteiger partial charge in [-0.3, -0.25) is 4.52 Å². The molecular formula is C24H37N2O4P. The summed E-state index contributed by atoms with van der Waals surface area (Å²) in [5, 5.41) is 3.29. The van der Waals surface area contributed by atoms with Crippen LogP contribution in [0.25, 0.3) is 0 Å². The fourth-order valence-corrected chi connectivity index (χ4v) is 4.06. The van der Waals surface area contributed by atoms with Crippen LogP contribution >= 0.6 is 7.82 Å². The molecule has 6 nitrogen and oxygen atoms in total. The van der Waals surface area contributed by atoms with Crippen LogP contribution in [0.2, 0.25) is 0 Å². The van der Waals surface area contributed by atoms with E-state index in [4.69, 9.17) is 9.79 Å². The number of nitrogens with zero attached hydrogens (tertiary/aromatic N) is 1. The molecule has 0 aromatic heterocycles. The molecule has 2 rings (SSSR count). The van der Waals surface area contributed by atoms with Crippen LogP contribution in [0.3, 0.4) is 0 Å². The van der Waals surface area contributed by atoms with Gasteiger partial charge in [-0.2, -0.15) is 0 Å². The number of unbranched alkanes of at least 4 members (excludes halogenated alkanes) is 2. The second-order valence-corrected chi connectivity index (χ2v) is 9.09. The summed E-state index contributed by atoms with van der Waals surface area (Å²) < 4.78 is 15.1. The van der Waals surface area contributed by atoms with Crippen LogP contribution < -0.4 is 10.2 Å². The molecule has 0 amide bonds. The molecular weight excluding hydrogens is 411 g/mol. The number of phosphoric ester groups is 1. The molecule has 2 aromatic rings. The van der Waals surface area contributed by atoms with Crippen molar-refractivity contribution >= 4 is 13.5 Å². The summed E-state index contributed by atoms with van der Waals surface area (Å²) in [6.07, 6.45) is 5.36. The van der Waals surface area contributed by atoms with Crippen LogP contribution in [0.15, 0.2) is 48.5 Å². The van der Waals surface area contributed by atoms with E-state index in [1.165, 1.54) is 41.6 Å². The Bertz CT molecular complexity index is 810. The predicted octanol–water partition coefficient (Wildman–Crippen LogP) is 4.82. The van der Waals surface area contributed by atoms with E-state index < -0.39 is 7.82 Å². The first-order valence-corrected chi connectivity index (χ1v) is 12.7. The van der Waals surface area contributed by atoms with Crippen molar-refractivity contribution in [1.29, 1.82) is 0 Å². The van der Waals surface area contributed by atoms with Gasteiger partial charge in [0.25, 0.3) is 0 Å². The lowest BCUT2D eigenvalue weighted by Gasteiger charge is -2.25. The van der Waals surface area contributed by atoms with Crippen LogP contribution in [-0.4, -0.2) is 36.0 Å². The highest BCUT2D eigenvalue weighted by Gasteiger charge is 2.12. The predicted molar refractivity (Wildman–Crippen MR) is 127 cm³/mol. The van der Waals surface area contributed by atoms with Gasteiger partial charge in [-0.1, -0.05) is 48.9 Å². The average Bonchev–Trinajstić information content (AvgIpc) is 2.74. The maximum atomic E-state index is 10.6. The van der Waals surface area contributed by atoms with Crippen LogP contribution in [0.1, 0.15) is 49.3 Å². The molecule has 172 valence electrons. The number of benzene rings is 2. The van der Waals surface area contributed by atoms with Crippen molar-refractivity contribution in [1.82, 2.24) is 5.32 Å². The third-order valence-corrected chi connectivity index (χ3v) is 5.83. The Hall–Kier alpha value is -1.69. The fourth-order valence-electron chi connectivity index (χ4n) is 3.70. The molecule has 0 aliphatic heterocycles. The second-order valence-electron chi connectivity index (χ2n) is 7.85. The molecule has 0 aliphatic rings. The van der Waals surface area contributed by atoms with Crippen molar-refractivity contribution in [3.8, 4) is 0 Å². The number of rotatable bonds is 15. The van der Waals surface area contributed by atoms with Crippen molar-refractivity contribution < 1.29 is 18.9 Å². The first-order valence-electron chi connectivity index (χ1n) is 11.2. The molecule has 0 unspecified atom stereocenters. The van der Waals surface area contributed by atoms with Crippen LogP contribution in [-0.2, 0) is 22.1 Å². The molecule has 0 aliphatic carbocycles. The van der Waals surface area contributed by atoms with E-state index in [2.05, 4.69) is 77.1 Å². The quantitative estimate of drug-likeness (QED) is 0.268. The van der Waals surface area contributed by atoms with Gasteiger partial charge in [-0.25, -0.2) is 4.57 Å². The normalized spacial score (nSPS) is 11.6. The smallest absolute Gasteiger partial charge is 0.372 e. The summed E-state index contributed by atoms with van der Waals surface area (Å²) in [6.45, 7) is 7.85. The lowest BCUT2D eigenvalue weighted by Crippen LogP contribution is -2.25. The molecule has 0 spiro atoms. The Balaban J connectivity index is 1.70. The van der Waals surface area contributed by atoms with Gasteiger partial charge in [0.2, 0.25) is 0 Å². The molecule has 0 saturated carbocycles. The van der Waals surface area contributed by atoms with Crippen LogP contribution in [0.5, 0.6) is 0 Å². The highest BCUT2D eigenvalue weighted by atomic mass is 31.2. The minimum absolute atomic E-state index is 0.0477. The standard InChI is InChI=1S/C24H37N2O4P/c1-3-26(17-9-5-8-13-22-11-6-4-7-12-22)24-15-14-23(19-21(24)2)20-25-16-10-18-30-31(27,28)29/h4,6-7,11-12,14-15,19,25H,3,5,8-10,13,16-18,20H2,1-2H3,(H2,27,28,29). The van der Waals surface area contributed by atoms with Gasteiger partial charge in [-0.05, 0) is 68.8 Å². The third kappa shape index (κ3) is 10.4. The lowest BCUT2D eigenvalue weighted by atomic mass is 10.1. The zero-order valence-electron chi connectivity index (χ0n) is 18.8. The first-order chi connectivity index (χ1) is 14.9. The molecule has 7 heteroatoms. The van der Waals surface area contributed by atoms with Crippen LogP contribution in [0, 0.1) is 6.92 Å². The van der Waals surface area contributed by atoms with Gasteiger partial charge in [0.05, 0.1) is 6.61 Å². The molecule has 0 saturated heterocycles. The van der Waals surface area contributed by atoms with Crippen molar-refractivity contribution in [2.45, 2.75) is 52.5 Å². The largest absolute Gasteiger partial charge is 0.469 e. The monoisotopic (exact) mass is 448 g/mol. The van der Waals surface area contributed by atoms with Gasteiger partial charge >= 0.3 is 7.82 Å². The van der Waals surface area contributed by atoms with Crippen molar-refractivity contribution in [2.24, 2.45) is 0 Å². The molecule has 0 bridgehead atoms. The Kier molecular flexibility index (Phi) is 11.3. The van der Waals surface area contributed by atoms with Gasteiger partial charge < -0.3 is 20.0 Å². The summed E-state index contributed by atoms with van der Waals surface area (Å²) in [7, 11) is -4.36. The molecule has 3 N–H and O–H groups in total. The Morgan fingerprint density at radius 1 is 1.00 bits per heavy atom. The summed E-state index contributed by atoms with van der Waals surface area (Å²) in [6, 6.07) is 17.3. The Morgan fingerprint density at radius 3 is 2.45 bits per heavy atom. The van der Waals surface area contributed by atoms with E-state index >= 15 is 0 Å². The van der Waals surface area contributed by atoms with E-state index in [-0.39, 0.29) is 6.61 Å². The molecule has 0 fully saturated rings.